The average Bonchev–Trinajstić information content (AvgIpc) is 2.17. The van der Waals surface area contributed by atoms with Crippen LogP contribution >= 0.6 is 27.5 Å². The summed E-state index contributed by atoms with van der Waals surface area (Å²) < 4.78 is 0.626. The highest BCUT2D eigenvalue weighted by molar-refractivity contribution is 9.10. The fourth-order valence-corrected chi connectivity index (χ4v) is 2.14. The molecule has 0 N–H and O–H groups in total. The molecule has 0 saturated carbocycles. The molecule has 1 aromatic carbocycles. The molecule has 78 valence electrons. The molecule has 0 aliphatic rings. The lowest BCUT2D eigenvalue weighted by Crippen LogP contribution is -1.95. The van der Waals surface area contributed by atoms with Crippen LogP contribution < -0.4 is 0 Å². The van der Waals surface area contributed by atoms with Crippen LogP contribution in [0.3, 0.4) is 0 Å². The smallest absolute Gasteiger partial charge is 0.197 e. The van der Waals surface area contributed by atoms with Gasteiger partial charge in [-0.2, -0.15) is 0 Å². The summed E-state index contributed by atoms with van der Waals surface area (Å²) in [5.74, 6) is 0. The lowest BCUT2D eigenvalue weighted by atomic mass is 10.1. The van der Waals surface area contributed by atoms with Gasteiger partial charge in [0.2, 0.25) is 0 Å². The van der Waals surface area contributed by atoms with Crippen molar-refractivity contribution in [3.63, 3.8) is 0 Å². The highest BCUT2D eigenvalue weighted by Crippen LogP contribution is 2.22. The molecule has 4 heteroatoms. The Hall–Kier alpha value is -0.670. The minimum absolute atomic E-state index is 0.626. The van der Waals surface area contributed by atoms with Crippen molar-refractivity contribution in [2.45, 2.75) is 19.8 Å². The molecule has 0 atom stereocenters. The summed E-state index contributed by atoms with van der Waals surface area (Å²) in [5.41, 5.74) is 1.97. The molecular formula is C11H10BrClN2. The van der Waals surface area contributed by atoms with Gasteiger partial charge in [0, 0.05) is 10.4 Å². The number of fused-ring (bicyclic) bond motifs is 1. The van der Waals surface area contributed by atoms with E-state index in [-0.39, 0.29) is 0 Å². The molecule has 2 rings (SSSR count). The van der Waals surface area contributed by atoms with Gasteiger partial charge in [0.05, 0.1) is 11.2 Å². The van der Waals surface area contributed by atoms with Gasteiger partial charge in [-0.3, -0.25) is 0 Å². The SMILES string of the molecule is CCCc1nc(Br)nc2cc(Cl)ccc12. The van der Waals surface area contributed by atoms with E-state index in [1.807, 2.05) is 18.2 Å². The van der Waals surface area contributed by atoms with Crippen molar-refractivity contribution >= 4 is 38.4 Å². The molecule has 0 amide bonds. The third-order valence-electron chi connectivity index (χ3n) is 2.20. The lowest BCUT2D eigenvalue weighted by Gasteiger charge is -2.05. The molecule has 0 aliphatic heterocycles. The first kappa shape index (κ1) is 10.8. The highest BCUT2D eigenvalue weighted by atomic mass is 79.9. The Morgan fingerprint density at radius 1 is 1.33 bits per heavy atom. The summed E-state index contributed by atoms with van der Waals surface area (Å²) >= 11 is 9.24. The van der Waals surface area contributed by atoms with E-state index < -0.39 is 0 Å². The Morgan fingerprint density at radius 2 is 2.13 bits per heavy atom. The molecule has 0 bridgehead atoms. The second kappa shape index (κ2) is 4.45. The quantitative estimate of drug-likeness (QED) is 0.780. The number of hydrogen-bond donors (Lipinski definition) is 0. The van der Waals surface area contributed by atoms with E-state index in [0.29, 0.717) is 9.76 Å². The second-order valence-electron chi connectivity index (χ2n) is 3.35. The fourth-order valence-electron chi connectivity index (χ4n) is 1.56. The summed E-state index contributed by atoms with van der Waals surface area (Å²) in [6.45, 7) is 2.14. The van der Waals surface area contributed by atoms with Gasteiger partial charge in [-0.15, -0.1) is 0 Å². The van der Waals surface area contributed by atoms with E-state index in [9.17, 15) is 0 Å². The summed E-state index contributed by atoms with van der Waals surface area (Å²) in [6.07, 6.45) is 2.03. The lowest BCUT2D eigenvalue weighted by molar-refractivity contribution is 0.879. The van der Waals surface area contributed by atoms with Crippen molar-refractivity contribution < 1.29 is 0 Å². The number of aryl methyl sites for hydroxylation is 1. The van der Waals surface area contributed by atoms with Gasteiger partial charge in [0.1, 0.15) is 0 Å². The van der Waals surface area contributed by atoms with Crippen LogP contribution in [0.2, 0.25) is 5.02 Å². The number of nitrogens with zero attached hydrogens (tertiary/aromatic N) is 2. The van der Waals surface area contributed by atoms with E-state index >= 15 is 0 Å². The molecule has 0 spiro atoms. The van der Waals surface area contributed by atoms with Crippen LogP contribution in [0.4, 0.5) is 0 Å². The van der Waals surface area contributed by atoms with Gasteiger partial charge in [-0.05, 0) is 40.5 Å². The van der Waals surface area contributed by atoms with Crippen molar-refractivity contribution in [3.05, 3.63) is 33.6 Å². The molecule has 0 radical (unpaired) electrons. The molecule has 2 aromatic rings. The monoisotopic (exact) mass is 284 g/mol. The van der Waals surface area contributed by atoms with Crippen molar-refractivity contribution in [1.82, 2.24) is 9.97 Å². The molecule has 1 aromatic heterocycles. The zero-order chi connectivity index (χ0) is 10.8. The van der Waals surface area contributed by atoms with Gasteiger partial charge in [0.15, 0.2) is 4.73 Å². The van der Waals surface area contributed by atoms with E-state index in [2.05, 4.69) is 32.8 Å². The molecule has 0 aliphatic carbocycles. The zero-order valence-electron chi connectivity index (χ0n) is 8.30. The average molecular weight is 286 g/mol. The van der Waals surface area contributed by atoms with Crippen LogP contribution in [0, 0.1) is 0 Å². The van der Waals surface area contributed by atoms with Gasteiger partial charge >= 0.3 is 0 Å². The van der Waals surface area contributed by atoms with Gasteiger partial charge in [-0.1, -0.05) is 24.9 Å². The Labute approximate surface area is 102 Å². The maximum Gasteiger partial charge on any atom is 0.197 e. The molecular weight excluding hydrogens is 275 g/mol. The minimum atomic E-state index is 0.626. The molecule has 2 nitrogen and oxygen atoms in total. The molecule has 1 heterocycles. The molecule has 0 unspecified atom stereocenters. The number of rotatable bonds is 2. The first-order valence-electron chi connectivity index (χ1n) is 4.82. The third-order valence-corrected chi connectivity index (χ3v) is 2.79. The minimum Gasteiger partial charge on any atom is -0.227 e. The van der Waals surface area contributed by atoms with E-state index in [4.69, 9.17) is 11.6 Å². The summed E-state index contributed by atoms with van der Waals surface area (Å²) in [4.78, 5) is 8.68. The zero-order valence-corrected chi connectivity index (χ0v) is 10.6. The van der Waals surface area contributed by atoms with Crippen LogP contribution in [0.25, 0.3) is 10.9 Å². The van der Waals surface area contributed by atoms with Crippen molar-refractivity contribution in [3.8, 4) is 0 Å². The highest BCUT2D eigenvalue weighted by Gasteiger charge is 2.05. The first-order valence-corrected chi connectivity index (χ1v) is 5.99. The van der Waals surface area contributed by atoms with Crippen LogP contribution in [0.5, 0.6) is 0 Å². The summed E-state index contributed by atoms with van der Waals surface area (Å²) in [6, 6.07) is 5.72. The largest absolute Gasteiger partial charge is 0.227 e. The van der Waals surface area contributed by atoms with Crippen LogP contribution in [0.1, 0.15) is 19.0 Å². The standard InChI is InChI=1S/C11H10BrClN2/c1-2-3-9-8-5-4-7(13)6-10(8)15-11(12)14-9/h4-6H,2-3H2,1H3. The summed E-state index contributed by atoms with van der Waals surface area (Å²) in [5, 5.41) is 1.79. The van der Waals surface area contributed by atoms with E-state index in [1.165, 1.54) is 0 Å². The maximum atomic E-state index is 5.92. The number of benzene rings is 1. The van der Waals surface area contributed by atoms with Gasteiger partial charge in [0.25, 0.3) is 0 Å². The van der Waals surface area contributed by atoms with Crippen molar-refractivity contribution in [2.24, 2.45) is 0 Å². The second-order valence-corrected chi connectivity index (χ2v) is 4.50. The molecule has 0 saturated heterocycles. The maximum absolute atomic E-state index is 5.92. The van der Waals surface area contributed by atoms with Crippen LogP contribution in [-0.2, 0) is 6.42 Å². The Bertz CT molecular complexity index is 494. The fraction of sp³-hybridized carbons (Fsp3) is 0.273. The normalized spacial score (nSPS) is 10.9. The Kier molecular flexibility index (Phi) is 3.22. The summed E-state index contributed by atoms with van der Waals surface area (Å²) in [7, 11) is 0. The Morgan fingerprint density at radius 3 is 2.87 bits per heavy atom. The topological polar surface area (TPSA) is 25.8 Å². The third kappa shape index (κ3) is 2.29. The number of hydrogen-bond acceptors (Lipinski definition) is 2. The molecule has 15 heavy (non-hydrogen) atoms. The van der Waals surface area contributed by atoms with Gasteiger partial charge < -0.3 is 0 Å². The van der Waals surface area contributed by atoms with Crippen molar-refractivity contribution in [1.29, 1.82) is 0 Å². The van der Waals surface area contributed by atoms with Crippen LogP contribution in [-0.4, -0.2) is 9.97 Å². The Balaban J connectivity index is 2.68. The van der Waals surface area contributed by atoms with E-state index in [0.717, 1.165) is 29.4 Å². The van der Waals surface area contributed by atoms with Gasteiger partial charge in [-0.25, -0.2) is 9.97 Å². The van der Waals surface area contributed by atoms with Crippen LogP contribution in [0.15, 0.2) is 22.9 Å². The first-order chi connectivity index (χ1) is 7.20. The molecule has 0 fully saturated rings. The number of aromatic nitrogens is 2. The van der Waals surface area contributed by atoms with E-state index in [1.54, 1.807) is 0 Å². The predicted octanol–water partition coefficient (Wildman–Crippen LogP) is 4.00. The predicted molar refractivity (Wildman–Crippen MR) is 66.2 cm³/mol. The van der Waals surface area contributed by atoms with Crippen molar-refractivity contribution in [2.75, 3.05) is 0 Å². The number of halogens is 2.